The number of amides is 3. The summed E-state index contributed by atoms with van der Waals surface area (Å²) >= 11 is 0. The zero-order chi connectivity index (χ0) is 26.8. The van der Waals surface area contributed by atoms with Crippen LogP contribution in [0.2, 0.25) is 0 Å². The molecule has 36 heavy (non-hydrogen) atoms. The van der Waals surface area contributed by atoms with Gasteiger partial charge in [0.15, 0.2) is 0 Å². The predicted molar refractivity (Wildman–Crippen MR) is 139 cm³/mol. The Kier molecular flexibility index (Phi) is 9.04. The van der Waals surface area contributed by atoms with Crippen LogP contribution in [0.15, 0.2) is 25.3 Å². The monoisotopic (exact) mass is 503 g/mol. The predicted octanol–water partition coefficient (Wildman–Crippen LogP) is 2.62. The molecule has 8 heteroatoms. The largest absolute Gasteiger partial charge is 0.394 e. The molecule has 0 radical (unpaired) electrons. The number of hydrogen-bond acceptors (Lipinski definition) is 5. The number of carbonyl (C=O) groups excluding carboxylic acids is 3. The number of rotatable bonds is 13. The molecule has 3 amide bonds. The van der Waals surface area contributed by atoms with Gasteiger partial charge in [0.05, 0.1) is 30.6 Å². The molecule has 2 unspecified atom stereocenters. The minimum Gasteiger partial charge on any atom is -0.394 e. The molecule has 2 bridgehead atoms. The molecule has 1 spiro atoms. The van der Waals surface area contributed by atoms with E-state index in [0.29, 0.717) is 38.9 Å². The van der Waals surface area contributed by atoms with E-state index in [1.165, 1.54) is 0 Å². The summed E-state index contributed by atoms with van der Waals surface area (Å²) in [6, 6.07) is -1.51. The van der Waals surface area contributed by atoms with Crippen molar-refractivity contribution in [3.63, 3.8) is 0 Å². The van der Waals surface area contributed by atoms with Crippen LogP contribution >= 0.6 is 0 Å². The summed E-state index contributed by atoms with van der Waals surface area (Å²) in [6.45, 7) is 18.6. The first kappa shape index (κ1) is 28.4. The lowest BCUT2D eigenvalue weighted by molar-refractivity contribution is -0.153. The first-order valence-electron chi connectivity index (χ1n) is 13.5. The van der Waals surface area contributed by atoms with E-state index in [4.69, 9.17) is 4.74 Å². The Morgan fingerprint density at radius 3 is 2.39 bits per heavy atom. The number of ether oxygens (including phenoxy) is 1. The minimum atomic E-state index is -1.07. The summed E-state index contributed by atoms with van der Waals surface area (Å²) in [7, 11) is 0. The van der Waals surface area contributed by atoms with Gasteiger partial charge in [-0.2, -0.15) is 0 Å². The SMILES string of the molecule is C=CCN(CCC)C(=O)[C@@H]1[C@@H]2CCC3(O2)C(C(=O)N(CC=C)C(C)C)N([C@@H](CO)CC(C)C)C(=O)[C@H]13. The molecule has 0 aromatic carbocycles. The summed E-state index contributed by atoms with van der Waals surface area (Å²) in [5, 5.41) is 10.4. The van der Waals surface area contributed by atoms with Gasteiger partial charge in [-0.25, -0.2) is 0 Å². The van der Waals surface area contributed by atoms with Gasteiger partial charge in [-0.05, 0) is 45.4 Å². The molecule has 3 rings (SSSR count). The van der Waals surface area contributed by atoms with Gasteiger partial charge in [-0.1, -0.05) is 32.9 Å². The number of carbonyl (C=O) groups is 3. The van der Waals surface area contributed by atoms with Crippen molar-refractivity contribution in [2.45, 2.75) is 90.1 Å². The lowest BCUT2D eigenvalue weighted by Crippen LogP contribution is -2.60. The number of aliphatic hydroxyl groups excluding tert-OH is 1. The number of fused-ring (bicyclic) bond motifs is 1. The van der Waals surface area contributed by atoms with Gasteiger partial charge in [-0.3, -0.25) is 14.4 Å². The van der Waals surface area contributed by atoms with Gasteiger partial charge in [0.25, 0.3) is 0 Å². The summed E-state index contributed by atoms with van der Waals surface area (Å²) in [5.74, 6) is -1.71. The summed E-state index contributed by atoms with van der Waals surface area (Å²) in [6.07, 6.45) is 5.51. The molecule has 3 fully saturated rings. The second-order valence-corrected chi connectivity index (χ2v) is 11.2. The normalized spacial score (nSPS) is 29.6. The van der Waals surface area contributed by atoms with Crippen LogP contribution in [0.25, 0.3) is 0 Å². The smallest absolute Gasteiger partial charge is 0.248 e. The van der Waals surface area contributed by atoms with Crippen LogP contribution in [-0.4, -0.2) is 93.6 Å². The highest BCUT2D eigenvalue weighted by molar-refractivity contribution is 5.99. The second-order valence-electron chi connectivity index (χ2n) is 11.2. The van der Waals surface area contributed by atoms with Crippen molar-refractivity contribution < 1.29 is 24.2 Å². The number of aliphatic hydroxyl groups is 1. The fourth-order valence-corrected chi connectivity index (χ4v) is 6.64. The second kappa shape index (κ2) is 11.5. The zero-order valence-corrected chi connectivity index (χ0v) is 22.7. The summed E-state index contributed by atoms with van der Waals surface area (Å²) in [5.41, 5.74) is -1.07. The summed E-state index contributed by atoms with van der Waals surface area (Å²) < 4.78 is 6.58. The Hall–Kier alpha value is -2.19. The van der Waals surface area contributed by atoms with Crippen molar-refractivity contribution in [3.8, 4) is 0 Å². The first-order valence-corrected chi connectivity index (χ1v) is 13.5. The Bertz CT molecular complexity index is 858. The van der Waals surface area contributed by atoms with E-state index in [9.17, 15) is 19.5 Å². The van der Waals surface area contributed by atoms with Crippen molar-refractivity contribution in [2.75, 3.05) is 26.2 Å². The summed E-state index contributed by atoms with van der Waals surface area (Å²) in [4.78, 5) is 47.3. The van der Waals surface area contributed by atoms with Crippen LogP contribution in [-0.2, 0) is 19.1 Å². The van der Waals surface area contributed by atoms with E-state index in [-0.39, 0.29) is 36.3 Å². The molecule has 6 atom stereocenters. The van der Waals surface area contributed by atoms with Crippen LogP contribution in [0.4, 0.5) is 0 Å². The van der Waals surface area contributed by atoms with Crippen LogP contribution in [0.3, 0.4) is 0 Å². The van der Waals surface area contributed by atoms with Gasteiger partial charge in [-0.15, -0.1) is 13.2 Å². The molecular weight excluding hydrogens is 458 g/mol. The van der Waals surface area contributed by atoms with Crippen LogP contribution in [0.5, 0.6) is 0 Å². The molecule has 0 aromatic rings. The number of nitrogens with zero attached hydrogens (tertiary/aromatic N) is 3. The van der Waals surface area contributed by atoms with Gasteiger partial charge < -0.3 is 24.5 Å². The van der Waals surface area contributed by atoms with Crippen molar-refractivity contribution in [1.29, 1.82) is 0 Å². The maximum Gasteiger partial charge on any atom is 0.248 e. The molecule has 3 aliphatic heterocycles. The van der Waals surface area contributed by atoms with Crippen LogP contribution < -0.4 is 0 Å². The molecule has 202 valence electrons. The highest BCUT2D eigenvalue weighted by atomic mass is 16.5. The van der Waals surface area contributed by atoms with Crippen molar-refractivity contribution >= 4 is 17.7 Å². The molecule has 8 nitrogen and oxygen atoms in total. The molecule has 3 aliphatic rings. The maximum atomic E-state index is 14.2. The van der Waals surface area contributed by atoms with E-state index < -0.39 is 35.6 Å². The topological polar surface area (TPSA) is 90.4 Å². The maximum absolute atomic E-state index is 14.2. The lowest BCUT2D eigenvalue weighted by atomic mass is 9.70. The van der Waals surface area contributed by atoms with E-state index in [1.807, 2.05) is 34.6 Å². The molecule has 1 N–H and O–H groups in total. The molecule has 3 heterocycles. The Labute approximate surface area is 216 Å². The highest BCUT2D eigenvalue weighted by Crippen LogP contribution is 2.59. The van der Waals surface area contributed by atoms with E-state index in [2.05, 4.69) is 13.2 Å². The number of likely N-dealkylation sites (tertiary alicyclic amines) is 1. The Morgan fingerprint density at radius 1 is 1.19 bits per heavy atom. The lowest BCUT2D eigenvalue weighted by Gasteiger charge is -2.40. The van der Waals surface area contributed by atoms with E-state index >= 15 is 0 Å². The number of hydrogen-bond donors (Lipinski definition) is 1. The standard InChI is InChI=1S/C28H45N3O5/c1-8-13-29(14-9-2)25(33)22-21-11-12-28(36-21)23(22)26(34)31(20(17-32)16-18(4)5)24(28)27(35)30(15-10-3)19(6)7/h8,10,18-24,32H,1,3,9,11-17H2,2,4-7H3/t20-,21+,22-,23+,24?,28?/m1/s1. The van der Waals surface area contributed by atoms with Gasteiger partial charge in [0.1, 0.15) is 11.6 Å². The first-order chi connectivity index (χ1) is 17.1. The van der Waals surface area contributed by atoms with Crippen LogP contribution in [0.1, 0.15) is 60.3 Å². The molecule has 0 saturated carbocycles. The quantitative estimate of drug-likeness (QED) is 0.390. The third-order valence-electron chi connectivity index (χ3n) is 7.99. The Balaban J connectivity index is 2.10. The average molecular weight is 504 g/mol. The zero-order valence-electron chi connectivity index (χ0n) is 22.7. The average Bonchev–Trinajstić information content (AvgIpc) is 3.47. The minimum absolute atomic E-state index is 0.106. The van der Waals surface area contributed by atoms with Gasteiger partial charge in [0, 0.05) is 25.7 Å². The third-order valence-corrected chi connectivity index (χ3v) is 7.99. The molecule has 3 saturated heterocycles. The highest BCUT2D eigenvalue weighted by Gasteiger charge is 2.75. The fraction of sp³-hybridized carbons (Fsp3) is 0.750. The van der Waals surface area contributed by atoms with Crippen molar-refractivity contribution in [3.05, 3.63) is 25.3 Å². The third kappa shape index (κ3) is 4.74. The van der Waals surface area contributed by atoms with Gasteiger partial charge >= 0.3 is 0 Å². The molecule has 0 aliphatic carbocycles. The van der Waals surface area contributed by atoms with E-state index in [0.717, 1.165) is 6.42 Å². The van der Waals surface area contributed by atoms with Gasteiger partial charge in [0.2, 0.25) is 17.7 Å². The van der Waals surface area contributed by atoms with Crippen molar-refractivity contribution in [1.82, 2.24) is 14.7 Å². The van der Waals surface area contributed by atoms with Crippen LogP contribution in [0, 0.1) is 17.8 Å². The molecule has 0 aromatic heterocycles. The van der Waals surface area contributed by atoms with Crippen molar-refractivity contribution in [2.24, 2.45) is 17.8 Å². The Morgan fingerprint density at radius 2 is 1.86 bits per heavy atom. The fourth-order valence-electron chi connectivity index (χ4n) is 6.64. The van der Waals surface area contributed by atoms with E-state index in [1.54, 1.807) is 26.9 Å². The molecular formula is C28H45N3O5.